The quantitative estimate of drug-likeness (QED) is 0.300. The average molecular weight is 652 g/mol. The number of sulfone groups is 1. The molecule has 2 unspecified atom stereocenters. The summed E-state index contributed by atoms with van der Waals surface area (Å²) in [6.45, 7) is 11.6. The molecule has 0 spiro atoms. The zero-order valence-corrected chi connectivity index (χ0v) is 29.1. The van der Waals surface area contributed by atoms with Gasteiger partial charge in [0, 0.05) is 11.6 Å². The van der Waals surface area contributed by atoms with Gasteiger partial charge in [0.1, 0.15) is 11.9 Å². The normalized spacial score (nSPS) is 19.5. The number of likely N-dealkylation sites (tertiary alicyclic amines) is 1. The fraction of sp³-hybridized carbons (Fsp3) is 0.486. The Morgan fingerprint density at radius 2 is 1.43 bits per heavy atom. The Hall–Kier alpha value is -3.51. The number of para-hydroxylation sites is 1. The topological polar surface area (TPSA) is 124 Å². The number of nitrogens with two attached hydrogens (primary N) is 2. The maximum atomic E-state index is 13.6. The molecule has 0 aliphatic carbocycles. The number of ether oxygens (including phenoxy) is 3. The molecule has 2 aliphatic heterocycles. The van der Waals surface area contributed by atoms with E-state index in [0.29, 0.717) is 34.4 Å². The predicted molar refractivity (Wildman–Crippen MR) is 184 cm³/mol. The summed E-state index contributed by atoms with van der Waals surface area (Å²) in [5, 5.41) is -0.639. The van der Waals surface area contributed by atoms with Crippen LogP contribution in [0.1, 0.15) is 69.3 Å². The van der Waals surface area contributed by atoms with E-state index in [0.717, 1.165) is 42.9 Å². The van der Waals surface area contributed by atoms with Crippen LogP contribution in [0.5, 0.6) is 17.2 Å². The Balaban J connectivity index is 1.76. The second-order valence-electron chi connectivity index (χ2n) is 12.9. The molecule has 1 fully saturated rings. The molecule has 2 atom stereocenters. The minimum absolute atomic E-state index is 0.104. The lowest BCUT2D eigenvalue weighted by Gasteiger charge is -2.49. The first-order chi connectivity index (χ1) is 21.8. The molecule has 10 nitrogen and oxygen atoms in total. The first-order valence-corrected chi connectivity index (χ1v) is 17.5. The number of fused-ring (bicyclic) bond motifs is 1. The first-order valence-electron chi connectivity index (χ1n) is 16.0. The Morgan fingerprint density at radius 1 is 0.826 bits per heavy atom. The number of aryl methyl sites for hydroxylation is 1. The first kappa shape index (κ1) is 33.8. The van der Waals surface area contributed by atoms with Crippen LogP contribution in [0.4, 0.5) is 17.1 Å². The SMILES string of the molecule is COc1cc2c(cc1OC)N(c1cc(C)c(C3CCN(C)CC3)cc1OC(C)C)C(N)N(c1ccccc1S(=O)(=O)C(C)C)C2N. The molecule has 0 amide bonds. The summed E-state index contributed by atoms with van der Waals surface area (Å²) in [6, 6.07) is 14.9. The van der Waals surface area contributed by atoms with Crippen molar-refractivity contribution in [1.82, 2.24) is 4.90 Å². The fourth-order valence-electron chi connectivity index (χ4n) is 6.62. The molecular weight excluding hydrogens is 602 g/mol. The van der Waals surface area contributed by atoms with Gasteiger partial charge < -0.3 is 34.6 Å². The third kappa shape index (κ3) is 6.13. The Morgan fingerprint density at radius 3 is 2.04 bits per heavy atom. The minimum Gasteiger partial charge on any atom is -0.493 e. The molecule has 11 heteroatoms. The van der Waals surface area contributed by atoms with Gasteiger partial charge in [-0.25, -0.2) is 8.42 Å². The maximum Gasteiger partial charge on any atom is 0.182 e. The van der Waals surface area contributed by atoms with Gasteiger partial charge in [-0.05, 0) is 115 Å². The van der Waals surface area contributed by atoms with Crippen LogP contribution < -0.4 is 35.5 Å². The Labute approximate surface area is 274 Å². The molecule has 2 heterocycles. The summed E-state index contributed by atoms with van der Waals surface area (Å²) in [4.78, 5) is 6.28. The van der Waals surface area contributed by atoms with Crippen molar-refractivity contribution in [2.75, 3.05) is 44.2 Å². The van der Waals surface area contributed by atoms with Crippen LogP contribution in [0.3, 0.4) is 0 Å². The zero-order valence-electron chi connectivity index (χ0n) is 28.3. The lowest BCUT2D eigenvalue weighted by Crippen LogP contribution is -2.59. The van der Waals surface area contributed by atoms with Crippen molar-refractivity contribution in [2.45, 2.75) is 82.1 Å². The molecule has 0 bridgehead atoms. The molecule has 2 aliphatic rings. The van der Waals surface area contributed by atoms with Crippen molar-refractivity contribution >= 4 is 26.9 Å². The van der Waals surface area contributed by atoms with Gasteiger partial charge in [-0.3, -0.25) is 5.73 Å². The van der Waals surface area contributed by atoms with Gasteiger partial charge in [0.2, 0.25) is 0 Å². The van der Waals surface area contributed by atoms with Crippen molar-refractivity contribution in [3.8, 4) is 17.2 Å². The highest BCUT2D eigenvalue weighted by atomic mass is 32.2. The van der Waals surface area contributed by atoms with Crippen LogP contribution in [0.2, 0.25) is 0 Å². The highest BCUT2D eigenvalue weighted by molar-refractivity contribution is 7.92. The van der Waals surface area contributed by atoms with Crippen molar-refractivity contribution in [2.24, 2.45) is 11.5 Å². The Bertz CT molecular complexity index is 1670. The van der Waals surface area contributed by atoms with Gasteiger partial charge in [-0.15, -0.1) is 0 Å². The molecule has 0 radical (unpaired) electrons. The fourth-order valence-corrected chi connectivity index (χ4v) is 7.87. The van der Waals surface area contributed by atoms with E-state index >= 15 is 0 Å². The molecule has 4 N–H and O–H groups in total. The van der Waals surface area contributed by atoms with Crippen LogP contribution in [-0.4, -0.2) is 65.3 Å². The maximum absolute atomic E-state index is 13.6. The molecule has 3 aromatic carbocycles. The number of rotatable bonds is 9. The lowest BCUT2D eigenvalue weighted by molar-refractivity contribution is 0.240. The van der Waals surface area contributed by atoms with Gasteiger partial charge in [0.15, 0.2) is 27.6 Å². The van der Waals surface area contributed by atoms with E-state index in [1.807, 2.05) is 30.9 Å². The minimum atomic E-state index is -3.68. The van der Waals surface area contributed by atoms with Crippen molar-refractivity contribution in [1.29, 1.82) is 0 Å². The number of methoxy groups -OCH3 is 2. The Kier molecular flexibility index (Phi) is 9.79. The molecule has 1 saturated heterocycles. The standard InChI is InChI=1S/C35H49N5O5S/c1-21(2)45-30-18-25(24-13-15-38(6)16-14-24)23(5)17-29(30)39-28-20-32(44-8)31(43-7)19-26(28)34(36)40(35(39)37)27-11-9-10-12-33(27)46(41,42)22(3)4/h9-12,17-22,24,34-35H,13-16,36-37H2,1-8H3. The smallest absolute Gasteiger partial charge is 0.182 e. The van der Waals surface area contributed by atoms with Gasteiger partial charge in [0.05, 0.1) is 47.5 Å². The van der Waals surface area contributed by atoms with E-state index in [1.54, 1.807) is 57.2 Å². The highest BCUT2D eigenvalue weighted by Gasteiger charge is 2.41. The summed E-state index contributed by atoms with van der Waals surface area (Å²) in [6.07, 6.45) is 0.327. The number of anilines is 3. The van der Waals surface area contributed by atoms with Crippen LogP contribution in [-0.2, 0) is 9.84 Å². The average Bonchev–Trinajstić information content (AvgIpc) is 3.02. The van der Waals surface area contributed by atoms with Gasteiger partial charge in [-0.1, -0.05) is 12.1 Å². The van der Waals surface area contributed by atoms with E-state index in [1.165, 1.54) is 5.56 Å². The molecule has 3 aromatic rings. The lowest BCUT2D eigenvalue weighted by atomic mass is 9.86. The molecular formula is C35H49N5O5S. The van der Waals surface area contributed by atoms with E-state index in [9.17, 15) is 8.42 Å². The number of hydrogen-bond acceptors (Lipinski definition) is 10. The van der Waals surface area contributed by atoms with E-state index < -0.39 is 27.5 Å². The molecule has 250 valence electrons. The second-order valence-corrected chi connectivity index (χ2v) is 15.4. The third-order valence-corrected chi connectivity index (χ3v) is 11.4. The summed E-state index contributed by atoms with van der Waals surface area (Å²) < 4.78 is 45.2. The van der Waals surface area contributed by atoms with Crippen LogP contribution in [0.25, 0.3) is 0 Å². The number of nitrogens with zero attached hydrogens (tertiary/aromatic N) is 3. The van der Waals surface area contributed by atoms with E-state index in [4.69, 9.17) is 25.7 Å². The van der Waals surface area contributed by atoms with Crippen LogP contribution >= 0.6 is 0 Å². The second kappa shape index (κ2) is 13.3. The monoisotopic (exact) mass is 651 g/mol. The molecule has 46 heavy (non-hydrogen) atoms. The number of piperidine rings is 1. The van der Waals surface area contributed by atoms with E-state index in [-0.39, 0.29) is 11.0 Å². The van der Waals surface area contributed by atoms with Crippen LogP contribution in [0.15, 0.2) is 53.4 Å². The summed E-state index contributed by atoms with van der Waals surface area (Å²) in [7, 11) is 1.64. The van der Waals surface area contributed by atoms with Crippen molar-refractivity contribution < 1.29 is 22.6 Å². The summed E-state index contributed by atoms with van der Waals surface area (Å²) in [5.41, 5.74) is 19.3. The van der Waals surface area contributed by atoms with Crippen molar-refractivity contribution in [3.05, 3.63) is 65.2 Å². The number of hydrogen-bond donors (Lipinski definition) is 2. The van der Waals surface area contributed by atoms with E-state index in [2.05, 4.69) is 31.0 Å². The number of benzene rings is 3. The molecule has 0 aromatic heterocycles. The third-order valence-electron chi connectivity index (χ3n) is 9.16. The van der Waals surface area contributed by atoms with Gasteiger partial charge >= 0.3 is 0 Å². The van der Waals surface area contributed by atoms with Gasteiger partial charge in [-0.2, -0.15) is 0 Å². The zero-order chi connectivity index (χ0) is 33.5. The highest BCUT2D eigenvalue weighted by Crippen LogP contribution is 2.50. The van der Waals surface area contributed by atoms with Crippen LogP contribution in [0, 0.1) is 6.92 Å². The molecule has 5 rings (SSSR count). The van der Waals surface area contributed by atoms with Crippen molar-refractivity contribution in [3.63, 3.8) is 0 Å². The predicted octanol–water partition coefficient (Wildman–Crippen LogP) is 5.65. The van der Waals surface area contributed by atoms with Gasteiger partial charge in [0.25, 0.3) is 0 Å². The summed E-state index contributed by atoms with van der Waals surface area (Å²) >= 11 is 0. The largest absolute Gasteiger partial charge is 0.493 e. The molecule has 0 saturated carbocycles. The summed E-state index contributed by atoms with van der Waals surface area (Å²) in [5.74, 6) is 2.14.